The number of halogens is 2. The summed E-state index contributed by atoms with van der Waals surface area (Å²) < 4.78 is 10.1. The molecular weight excluding hydrogens is 561 g/mol. The number of carboxylic acids is 1. The molecule has 0 unspecified atom stereocenters. The predicted molar refractivity (Wildman–Crippen MR) is 153 cm³/mol. The molecule has 0 saturated carbocycles. The SMILES string of the molecule is Cc1nc2cc(Cl)c3c(cnn3C)c2c(=O)n1CCOc1ccc(Cl)cc1-c1ccnc2c(C(=O)O)csc12. The molecule has 0 aliphatic heterocycles. The minimum Gasteiger partial charge on any atom is -0.491 e. The number of hydrogen-bond acceptors (Lipinski definition) is 7. The average Bonchev–Trinajstić information content (AvgIpc) is 3.51. The van der Waals surface area contributed by atoms with Gasteiger partial charge in [-0.05, 0) is 37.3 Å². The lowest BCUT2D eigenvalue weighted by Crippen LogP contribution is -2.26. The molecule has 2 aromatic carbocycles. The first-order valence-electron chi connectivity index (χ1n) is 11.8. The second kappa shape index (κ2) is 9.64. The van der Waals surface area contributed by atoms with Gasteiger partial charge >= 0.3 is 5.97 Å². The zero-order valence-corrected chi connectivity index (χ0v) is 22.9. The van der Waals surface area contributed by atoms with Gasteiger partial charge in [0.25, 0.3) is 5.56 Å². The van der Waals surface area contributed by atoms with E-state index in [0.717, 1.165) is 5.56 Å². The highest BCUT2D eigenvalue weighted by Gasteiger charge is 2.19. The van der Waals surface area contributed by atoms with Gasteiger partial charge in [-0.15, -0.1) is 11.3 Å². The number of aryl methyl sites for hydroxylation is 2. The Morgan fingerprint density at radius 3 is 2.79 bits per heavy atom. The zero-order chi connectivity index (χ0) is 27.4. The van der Waals surface area contributed by atoms with Crippen LogP contribution in [-0.2, 0) is 13.6 Å². The first-order chi connectivity index (χ1) is 18.7. The van der Waals surface area contributed by atoms with Gasteiger partial charge in [-0.1, -0.05) is 23.2 Å². The molecule has 9 nitrogen and oxygen atoms in total. The van der Waals surface area contributed by atoms with Crippen LogP contribution in [0, 0.1) is 6.92 Å². The van der Waals surface area contributed by atoms with Crippen molar-refractivity contribution in [2.45, 2.75) is 13.5 Å². The zero-order valence-electron chi connectivity index (χ0n) is 20.6. The normalized spacial score (nSPS) is 11.6. The predicted octanol–water partition coefficient (Wildman–Crippen LogP) is 5.95. The summed E-state index contributed by atoms with van der Waals surface area (Å²) in [7, 11) is 1.77. The van der Waals surface area contributed by atoms with Gasteiger partial charge in [0.05, 0.1) is 50.0 Å². The van der Waals surface area contributed by atoms with Gasteiger partial charge in [0.15, 0.2) is 0 Å². The maximum absolute atomic E-state index is 13.6. The summed E-state index contributed by atoms with van der Waals surface area (Å²) >= 11 is 14.1. The van der Waals surface area contributed by atoms with Crippen LogP contribution >= 0.6 is 34.5 Å². The fourth-order valence-electron chi connectivity index (χ4n) is 4.78. The summed E-state index contributed by atoms with van der Waals surface area (Å²) in [5, 5.41) is 17.4. The van der Waals surface area contributed by atoms with Gasteiger partial charge in [-0.25, -0.2) is 9.78 Å². The Hall–Kier alpha value is -3.99. The minimum atomic E-state index is -1.04. The number of fused-ring (bicyclic) bond motifs is 4. The molecule has 12 heteroatoms. The Kier molecular flexibility index (Phi) is 6.25. The van der Waals surface area contributed by atoms with Crippen LogP contribution < -0.4 is 10.3 Å². The fourth-order valence-corrected chi connectivity index (χ4v) is 6.30. The molecule has 39 heavy (non-hydrogen) atoms. The van der Waals surface area contributed by atoms with E-state index >= 15 is 0 Å². The monoisotopic (exact) mass is 579 g/mol. The quantitative estimate of drug-likeness (QED) is 0.259. The van der Waals surface area contributed by atoms with E-state index in [1.807, 2.05) is 0 Å². The van der Waals surface area contributed by atoms with Gasteiger partial charge in [0.1, 0.15) is 18.2 Å². The van der Waals surface area contributed by atoms with Crippen molar-refractivity contribution in [3.05, 3.63) is 79.9 Å². The lowest BCUT2D eigenvalue weighted by Gasteiger charge is -2.15. The molecule has 0 aliphatic rings. The molecule has 0 atom stereocenters. The number of rotatable bonds is 6. The van der Waals surface area contributed by atoms with Crippen molar-refractivity contribution in [2.24, 2.45) is 7.05 Å². The number of thiophene rings is 1. The third-order valence-corrected chi connectivity index (χ3v) is 8.10. The molecule has 6 rings (SSSR count). The number of benzene rings is 2. The molecule has 0 aliphatic carbocycles. The number of ether oxygens (including phenoxy) is 1. The molecule has 4 aromatic heterocycles. The lowest BCUT2D eigenvalue weighted by atomic mass is 10.0. The summed E-state index contributed by atoms with van der Waals surface area (Å²) in [6.45, 7) is 2.18. The van der Waals surface area contributed by atoms with E-state index in [1.54, 1.807) is 71.3 Å². The van der Waals surface area contributed by atoms with E-state index in [2.05, 4.69) is 15.1 Å². The van der Waals surface area contributed by atoms with Crippen LogP contribution in [0.25, 0.3) is 43.1 Å². The number of aromatic carboxylic acids is 1. The fraction of sp³-hybridized carbons (Fsp3) is 0.148. The minimum absolute atomic E-state index is 0.143. The van der Waals surface area contributed by atoms with Crippen LogP contribution in [0.4, 0.5) is 0 Å². The number of nitrogens with zero attached hydrogens (tertiary/aromatic N) is 5. The van der Waals surface area contributed by atoms with E-state index in [-0.39, 0.29) is 24.3 Å². The smallest absolute Gasteiger partial charge is 0.338 e. The Bertz CT molecular complexity index is 2010. The number of pyridine rings is 1. The van der Waals surface area contributed by atoms with Crippen LogP contribution in [0.15, 0.2) is 52.9 Å². The molecule has 1 N–H and O–H groups in total. The van der Waals surface area contributed by atoms with Crippen LogP contribution in [0.2, 0.25) is 10.0 Å². The first-order valence-corrected chi connectivity index (χ1v) is 13.4. The Morgan fingerprint density at radius 1 is 1.18 bits per heavy atom. The summed E-state index contributed by atoms with van der Waals surface area (Å²) in [4.78, 5) is 34.1. The van der Waals surface area contributed by atoms with E-state index in [0.29, 0.717) is 59.2 Å². The van der Waals surface area contributed by atoms with Crippen LogP contribution in [0.5, 0.6) is 5.75 Å². The van der Waals surface area contributed by atoms with Gasteiger partial charge in [0.2, 0.25) is 0 Å². The van der Waals surface area contributed by atoms with Crippen molar-refractivity contribution in [1.29, 1.82) is 0 Å². The number of carbonyl (C=O) groups is 1. The summed E-state index contributed by atoms with van der Waals surface area (Å²) in [5.41, 5.74) is 2.98. The standard InChI is InChI=1S/C27H19Cl2N5O4S/c1-13-32-20-10-19(29)24-17(11-31-33(24)2)22(20)26(35)34(13)7-8-38-21-4-3-14(28)9-16(21)15-5-6-30-23-18(27(36)37)12-39-25(15)23/h3-6,9-12H,7-8H2,1-2H3,(H,36,37). The second-order valence-corrected chi connectivity index (χ2v) is 10.6. The topological polar surface area (TPSA) is 112 Å². The van der Waals surface area contributed by atoms with Crippen LogP contribution in [-0.4, -0.2) is 42.0 Å². The highest BCUT2D eigenvalue weighted by Crippen LogP contribution is 2.39. The van der Waals surface area contributed by atoms with Crippen molar-refractivity contribution in [3.8, 4) is 16.9 Å². The molecular formula is C27H19Cl2N5O4S. The number of carboxylic acid groups (broad SMARTS) is 1. The maximum atomic E-state index is 13.6. The van der Waals surface area contributed by atoms with Crippen molar-refractivity contribution in [3.63, 3.8) is 0 Å². The molecule has 0 bridgehead atoms. The van der Waals surface area contributed by atoms with E-state index in [9.17, 15) is 14.7 Å². The molecule has 0 spiro atoms. The third-order valence-electron chi connectivity index (χ3n) is 6.57. The molecule has 196 valence electrons. The first kappa shape index (κ1) is 25.3. The van der Waals surface area contributed by atoms with Crippen LogP contribution in [0.3, 0.4) is 0 Å². The molecule has 0 saturated heterocycles. The van der Waals surface area contributed by atoms with Gasteiger partial charge in [-0.2, -0.15) is 5.10 Å². The summed E-state index contributed by atoms with van der Waals surface area (Å²) in [5.74, 6) is 0.0320. The average molecular weight is 580 g/mol. The van der Waals surface area contributed by atoms with Gasteiger partial charge < -0.3 is 9.84 Å². The molecule has 0 radical (unpaired) electrons. The van der Waals surface area contributed by atoms with Crippen molar-refractivity contribution < 1.29 is 14.6 Å². The molecule has 6 aromatic rings. The Balaban J connectivity index is 1.36. The maximum Gasteiger partial charge on any atom is 0.338 e. The molecule has 0 fully saturated rings. The Labute approximate surface area is 234 Å². The second-order valence-electron chi connectivity index (χ2n) is 8.88. The summed E-state index contributed by atoms with van der Waals surface area (Å²) in [6.07, 6.45) is 3.19. The number of aromatic nitrogens is 5. The summed E-state index contributed by atoms with van der Waals surface area (Å²) in [6, 6.07) is 8.73. The third kappa shape index (κ3) is 4.21. The van der Waals surface area contributed by atoms with E-state index in [4.69, 9.17) is 27.9 Å². The van der Waals surface area contributed by atoms with E-state index < -0.39 is 5.97 Å². The number of hydrogen-bond donors (Lipinski definition) is 1. The molecule has 0 amide bonds. The van der Waals surface area contributed by atoms with E-state index in [1.165, 1.54) is 11.3 Å². The van der Waals surface area contributed by atoms with Crippen molar-refractivity contribution in [1.82, 2.24) is 24.3 Å². The Morgan fingerprint density at radius 2 is 2.00 bits per heavy atom. The van der Waals surface area contributed by atoms with Crippen molar-refractivity contribution in [2.75, 3.05) is 6.61 Å². The largest absolute Gasteiger partial charge is 0.491 e. The molecule has 4 heterocycles. The highest BCUT2D eigenvalue weighted by molar-refractivity contribution is 7.18. The van der Waals surface area contributed by atoms with Crippen molar-refractivity contribution >= 4 is 72.5 Å². The van der Waals surface area contributed by atoms with Gasteiger partial charge in [0, 0.05) is 40.2 Å². The van der Waals surface area contributed by atoms with Gasteiger partial charge in [-0.3, -0.25) is 19.0 Å². The lowest BCUT2D eigenvalue weighted by molar-refractivity contribution is 0.0699. The highest BCUT2D eigenvalue weighted by atomic mass is 35.5. The van der Waals surface area contributed by atoms with Crippen LogP contribution in [0.1, 0.15) is 16.2 Å².